The largest absolute Gasteiger partial charge is 0.478 e. The van der Waals surface area contributed by atoms with Crippen molar-refractivity contribution < 1.29 is 19.7 Å². The summed E-state index contributed by atoms with van der Waals surface area (Å²) in [4.78, 5) is 14.4. The molecule has 1 heterocycles. The molecule has 0 aliphatic heterocycles. The fraction of sp³-hybridized carbons (Fsp3) is 0.400. The van der Waals surface area contributed by atoms with Crippen LogP contribution in [-0.4, -0.2) is 47.5 Å². The molecule has 0 aromatic carbocycles. The Balaban J connectivity index is 2.46. The minimum atomic E-state index is -1.02. The monoisotopic (exact) mass is 226 g/mol. The summed E-state index contributed by atoms with van der Waals surface area (Å²) in [5, 5.41) is 20.9. The molecule has 16 heavy (non-hydrogen) atoms. The van der Waals surface area contributed by atoms with E-state index in [0.717, 1.165) is 0 Å². The Bertz CT molecular complexity index is 339. The number of carboxylic acids is 1. The van der Waals surface area contributed by atoms with Gasteiger partial charge in [-0.1, -0.05) is 0 Å². The number of aromatic nitrogens is 1. The van der Waals surface area contributed by atoms with Crippen molar-refractivity contribution in [1.29, 1.82) is 0 Å². The highest BCUT2D eigenvalue weighted by atomic mass is 16.5. The molecule has 0 aliphatic carbocycles. The van der Waals surface area contributed by atoms with Crippen LogP contribution in [-0.2, 0) is 4.74 Å². The lowest BCUT2D eigenvalue weighted by molar-refractivity contribution is 0.0696. The number of carbonyl (C=O) groups is 1. The van der Waals surface area contributed by atoms with E-state index in [1.807, 2.05) is 0 Å². The SMILES string of the molecule is COCC(O)CNc1ccc(C(=O)O)cn1. The second-order valence-electron chi connectivity index (χ2n) is 3.23. The summed E-state index contributed by atoms with van der Waals surface area (Å²) < 4.78 is 4.75. The molecule has 0 radical (unpaired) electrons. The normalized spacial score (nSPS) is 12.1. The number of rotatable bonds is 6. The number of hydrogen-bond acceptors (Lipinski definition) is 5. The van der Waals surface area contributed by atoms with Crippen LogP contribution in [0.2, 0.25) is 0 Å². The molecule has 6 heteroatoms. The van der Waals surface area contributed by atoms with Crippen molar-refractivity contribution in [3.05, 3.63) is 23.9 Å². The third-order valence-corrected chi connectivity index (χ3v) is 1.89. The Morgan fingerprint density at radius 1 is 1.62 bits per heavy atom. The first-order valence-electron chi connectivity index (χ1n) is 4.73. The molecule has 0 amide bonds. The van der Waals surface area contributed by atoms with Crippen LogP contribution in [0.5, 0.6) is 0 Å². The van der Waals surface area contributed by atoms with Gasteiger partial charge in [-0.3, -0.25) is 0 Å². The number of nitrogens with one attached hydrogen (secondary N) is 1. The molecule has 0 fully saturated rings. The number of ether oxygens (including phenoxy) is 1. The van der Waals surface area contributed by atoms with Crippen molar-refractivity contribution >= 4 is 11.8 Å². The van der Waals surface area contributed by atoms with Crippen LogP contribution in [0.4, 0.5) is 5.82 Å². The van der Waals surface area contributed by atoms with Gasteiger partial charge in [0.1, 0.15) is 5.82 Å². The van der Waals surface area contributed by atoms with Gasteiger partial charge in [-0.15, -0.1) is 0 Å². The highest BCUT2D eigenvalue weighted by Gasteiger charge is 2.05. The second-order valence-corrected chi connectivity index (χ2v) is 3.23. The number of methoxy groups -OCH3 is 1. The van der Waals surface area contributed by atoms with E-state index in [4.69, 9.17) is 9.84 Å². The lowest BCUT2D eigenvalue weighted by Crippen LogP contribution is -2.24. The molecule has 0 saturated carbocycles. The Hall–Kier alpha value is -1.66. The van der Waals surface area contributed by atoms with Gasteiger partial charge < -0.3 is 20.3 Å². The van der Waals surface area contributed by atoms with Crippen LogP contribution in [0.25, 0.3) is 0 Å². The average molecular weight is 226 g/mol. The van der Waals surface area contributed by atoms with Gasteiger partial charge in [-0.2, -0.15) is 0 Å². The summed E-state index contributed by atoms with van der Waals surface area (Å²) in [5.41, 5.74) is 0.128. The second kappa shape index (κ2) is 6.04. The molecule has 0 spiro atoms. The summed E-state index contributed by atoms with van der Waals surface area (Å²) in [7, 11) is 1.50. The molecule has 0 bridgehead atoms. The molecule has 6 nitrogen and oxygen atoms in total. The number of nitrogens with zero attached hydrogens (tertiary/aromatic N) is 1. The molecule has 1 aromatic rings. The Morgan fingerprint density at radius 2 is 2.38 bits per heavy atom. The van der Waals surface area contributed by atoms with Crippen molar-refractivity contribution in [3.8, 4) is 0 Å². The predicted octanol–water partition coefficient (Wildman–Crippen LogP) is 0.199. The minimum Gasteiger partial charge on any atom is -0.478 e. The van der Waals surface area contributed by atoms with Crippen LogP contribution in [0.1, 0.15) is 10.4 Å². The summed E-state index contributed by atoms with van der Waals surface area (Å²) in [6.07, 6.45) is 0.638. The van der Waals surface area contributed by atoms with E-state index in [2.05, 4.69) is 10.3 Å². The molecule has 3 N–H and O–H groups in total. The van der Waals surface area contributed by atoms with E-state index in [9.17, 15) is 9.90 Å². The number of carboxylic acid groups (broad SMARTS) is 1. The van der Waals surface area contributed by atoms with Crippen LogP contribution < -0.4 is 5.32 Å². The van der Waals surface area contributed by atoms with E-state index in [0.29, 0.717) is 12.4 Å². The van der Waals surface area contributed by atoms with Gasteiger partial charge in [-0.25, -0.2) is 9.78 Å². The van der Waals surface area contributed by atoms with Gasteiger partial charge in [0.2, 0.25) is 0 Å². The lowest BCUT2D eigenvalue weighted by atomic mass is 10.3. The summed E-state index contributed by atoms with van der Waals surface area (Å²) in [6, 6.07) is 2.99. The van der Waals surface area contributed by atoms with Gasteiger partial charge in [0.05, 0.1) is 18.3 Å². The smallest absolute Gasteiger partial charge is 0.337 e. The van der Waals surface area contributed by atoms with Crippen LogP contribution in [0.3, 0.4) is 0 Å². The van der Waals surface area contributed by atoms with Crippen LogP contribution in [0.15, 0.2) is 18.3 Å². The van der Waals surface area contributed by atoms with Gasteiger partial charge >= 0.3 is 5.97 Å². The standard InChI is InChI=1S/C10H14N2O4/c1-16-6-8(13)5-12-9-3-2-7(4-11-9)10(14)15/h2-4,8,13H,5-6H2,1H3,(H,11,12)(H,14,15). The fourth-order valence-electron chi connectivity index (χ4n) is 1.10. The third-order valence-electron chi connectivity index (χ3n) is 1.89. The van der Waals surface area contributed by atoms with Crippen molar-refractivity contribution in [2.24, 2.45) is 0 Å². The molecule has 1 rings (SSSR count). The molecular formula is C10H14N2O4. The van der Waals surface area contributed by atoms with E-state index in [1.165, 1.54) is 19.4 Å². The zero-order chi connectivity index (χ0) is 12.0. The number of anilines is 1. The number of aliphatic hydroxyl groups is 1. The predicted molar refractivity (Wildman–Crippen MR) is 57.6 cm³/mol. The third kappa shape index (κ3) is 3.84. The maximum absolute atomic E-state index is 10.5. The zero-order valence-corrected chi connectivity index (χ0v) is 8.88. The number of aromatic carboxylic acids is 1. The van der Waals surface area contributed by atoms with Crippen LogP contribution in [0, 0.1) is 0 Å². The first kappa shape index (κ1) is 12.4. The zero-order valence-electron chi connectivity index (χ0n) is 8.88. The van der Waals surface area contributed by atoms with Crippen molar-refractivity contribution in [2.75, 3.05) is 25.6 Å². The number of aliphatic hydroxyl groups excluding tert-OH is 1. The minimum absolute atomic E-state index is 0.128. The molecule has 0 saturated heterocycles. The van der Waals surface area contributed by atoms with E-state index in [1.54, 1.807) is 6.07 Å². The highest BCUT2D eigenvalue weighted by molar-refractivity contribution is 5.87. The maximum Gasteiger partial charge on any atom is 0.337 e. The molecule has 1 atom stereocenters. The van der Waals surface area contributed by atoms with E-state index < -0.39 is 12.1 Å². The Kier molecular flexibility index (Phi) is 4.68. The summed E-state index contributed by atoms with van der Waals surface area (Å²) in [5.74, 6) is -0.501. The van der Waals surface area contributed by atoms with Gasteiger partial charge in [0, 0.05) is 19.9 Å². The fourth-order valence-corrected chi connectivity index (χ4v) is 1.10. The van der Waals surface area contributed by atoms with Crippen molar-refractivity contribution in [3.63, 3.8) is 0 Å². The van der Waals surface area contributed by atoms with Crippen molar-refractivity contribution in [1.82, 2.24) is 4.98 Å². The van der Waals surface area contributed by atoms with E-state index >= 15 is 0 Å². The molecule has 1 aromatic heterocycles. The summed E-state index contributed by atoms with van der Waals surface area (Å²) >= 11 is 0. The van der Waals surface area contributed by atoms with Crippen molar-refractivity contribution in [2.45, 2.75) is 6.10 Å². The van der Waals surface area contributed by atoms with Gasteiger partial charge in [0.15, 0.2) is 0 Å². The molecular weight excluding hydrogens is 212 g/mol. The number of hydrogen-bond donors (Lipinski definition) is 3. The summed E-state index contributed by atoms with van der Waals surface area (Å²) in [6.45, 7) is 0.535. The Morgan fingerprint density at radius 3 is 2.88 bits per heavy atom. The van der Waals surface area contributed by atoms with Crippen LogP contribution >= 0.6 is 0 Å². The van der Waals surface area contributed by atoms with E-state index in [-0.39, 0.29) is 12.2 Å². The first-order valence-corrected chi connectivity index (χ1v) is 4.73. The number of pyridine rings is 1. The maximum atomic E-state index is 10.5. The quantitative estimate of drug-likeness (QED) is 0.641. The average Bonchev–Trinajstić information content (AvgIpc) is 2.27. The van der Waals surface area contributed by atoms with Gasteiger partial charge in [0.25, 0.3) is 0 Å². The topological polar surface area (TPSA) is 91.7 Å². The molecule has 88 valence electrons. The Labute approximate surface area is 92.9 Å². The molecule has 1 unspecified atom stereocenters. The molecule has 0 aliphatic rings. The lowest BCUT2D eigenvalue weighted by Gasteiger charge is -2.10. The first-order chi connectivity index (χ1) is 7.63. The van der Waals surface area contributed by atoms with Gasteiger partial charge in [-0.05, 0) is 12.1 Å². The highest BCUT2D eigenvalue weighted by Crippen LogP contribution is 2.04.